The van der Waals surface area contributed by atoms with Crippen LogP contribution in [0.15, 0.2) is 30.5 Å². The first-order valence-electron chi connectivity index (χ1n) is 9.28. The number of hydrogen-bond acceptors (Lipinski definition) is 7. The Morgan fingerprint density at radius 3 is 2.65 bits per heavy atom. The minimum Gasteiger partial charge on any atom is -0.369 e. The Balaban J connectivity index is 1.69. The molecule has 1 saturated heterocycles. The summed E-state index contributed by atoms with van der Waals surface area (Å²) >= 11 is 1.05. The van der Waals surface area contributed by atoms with E-state index in [9.17, 15) is 22.8 Å². The van der Waals surface area contributed by atoms with E-state index in [0.29, 0.717) is 34.9 Å². The minimum absolute atomic E-state index is 0.0496. The second-order valence-corrected chi connectivity index (χ2v) is 8.23. The smallest absolute Gasteiger partial charge is 0.369 e. The molecule has 0 bridgehead atoms. The summed E-state index contributed by atoms with van der Waals surface area (Å²) in [4.78, 5) is 38.0. The highest BCUT2D eigenvalue weighted by Crippen LogP contribution is 2.33. The van der Waals surface area contributed by atoms with E-state index in [2.05, 4.69) is 15.0 Å². The van der Waals surface area contributed by atoms with Gasteiger partial charge < -0.3 is 16.4 Å². The molecule has 2 atom stereocenters. The van der Waals surface area contributed by atoms with Crippen molar-refractivity contribution in [3.05, 3.63) is 52.6 Å². The number of nitrogens with two attached hydrogens (primary N) is 2. The van der Waals surface area contributed by atoms with E-state index in [1.54, 1.807) is 23.1 Å². The summed E-state index contributed by atoms with van der Waals surface area (Å²) in [6, 6.07) is 5.52. The fourth-order valence-electron chi connectivity index (χ4n) is 3.38. The molecule has 31 heavy (non-hydrogen) atoms. The second-order valence-electron chi connectivity index (χ2n) is 7.17. The standard InChI is InChI=1S/C19H17F3N6O2S/c20-19(21,22)13-3-5-25-16(27-13)14(15(24)29)17-26-11-2-1-9(7-12(11)31-17)18(30)28-6-4-10(23)8-28/h1-3,5,7,10,14H,4,6,8,23H2,(H2,24,29). The van der Waals surface area contributed by atoms with E-state index >= 15 is 0 Å². The van der Waals surface area contributed by atoms with Crippen LogP contribution in [0.2, 0.25) is 0 Å². The highest BCUT2D eigenvalue weighted by molar-refractivity contribution is 7.18. The van der Waals surface area contributed by atoms with Crippen molar-refractivity contribution in [3.8, 4) is 0 Å². The third-order valence-corrected chi connectivity index (χ3v) is 6.00. The van der Waals surface area contributed by atoms with E-state index in [0.717, 1.165) is 24.0 Å². The predicted molar refractivity (Wildman–Crippen MR) is 106 cm³/mol. The number of halogens is 3. The molecule has 3 aromatic rings. The van der Waals surface area contributed by atoms with Crippen molar-refractivity contribution in [2.45, 2.75) is 24.6 Å². The van der Waals surface area contributed by atoms with Crippen molar-refractivity contribution in [1.82, 2.24) is 19.9 Å². The highest BCUT2D eigenvalue weighted by atomic mass is 32.1. The normalized spacial score (nSPS) is 17.8. The number of alkyl halides is 3. The summed E-state index contributed by atoms with van der Waals surface area (Å²) in [5, 5.41) is 0.148. The number of fused-ring (bicyclic) bond motifs is 1. The lowest BCUT2D eigenvalue weighted by atomic mass is 10.1. The Morgan fingerprint density at radius 1 is 1.23 bits per heavy atom. The van der Waals surface area contributed by atoms with Gasteiger partial charge in [0, 0.05) is 30.9 Å². The molecule has 1 aliphatic rings. The molecule has 0 saturated carbocycles. The molecule has 2 amide bonds. The van der Waals surface area contributed by atoms with E-state index in [4.69, 9.17) is 11.5 Å². The van der Waals surface area contributed by atoms with Gasteiger partial charge in [0.05, 0.1) is 10.2 Å². The van der Waals surface area contributed by atoms with Crippen LogP contribution < -0.4 is 11.5 Å². The van der Waals surface area contributed by atoms with Gasteiger partial charge >= 0.3 is 6.18 Å². The van der Waals surface area contributed by atoms with Crippen LogP contribution in [0.3, 0.4) is 0 Å². The molecule has 1 aromatic carbocycles. The number of aromatic nitrogens is 3. The third kappa shape index (κ3) is 4.21. The highest BCUT2D eigenvalue weighted by Gasteiger charge is 2.35. The summed E-state index contributed by atoms with van der Waals surface area (Å²) < 4.78 is 39.6. The molecule has 0 radical (unpaired) electrons. The Morgan fingerprint density at radius 2 is 2.00 bits per heavy atom. The maximum absolute atomic E-state index is 13.0. The first kappa shape index (κ1) is 21.1. The molecule has 0 aliphatic carbocycles. The van der Waals surface area contributed by atoms with Gasteiger partial charge in [0.2, 0.25) is 5.91 Å². The summed E-state index contributed by atoms with van der Waals surface area (Å²) in [5.41, 5.74) is 11.0. The molecule has 0 spiro atoms. The number of carbonyl (C=O) groups is 2. The number of nitrogens with zero attached hydrogens (tertiary/aromatic N) is 4. The van der Waals surface area contributed by atoms with Crippen molar-refractivity contribution in [2.24, 2.45) is 11.5 Å². The molecule has 1 aliphatic heterocycles. The van der Waals surface area contributed by atoms with Gasteiger partial charge in [-0.2, -0.15) is 13.2 Å². The van der Waals surface area contributed by atoms with Crippen LogP contribution in [-0.2, 0) is 11.0 Å². The zero-order valence-corrected chi connectivity index (χ0v) is 16.8. The van der Waals surface area contributed by atoms with Crippen molar-refractivity contribution in [2.75, 3.05) is 13.1 Å². The maximum atomic E-state index is 13.0. The van der Waals surface area contributed by atoms with Gasteiger partial charge in [0.25, 0.3) is 5.91 Å². The first-order valence-corrected chi connectivity index (χ1v) is 10.1. The van der Waals surface area contributed by atoms with Crippen molar-refractivity contribution < 1.29 is 22.8 Å². The molecule has 4 N–H and O–H groups in total. The summed E-state index contributed by atoms with van der Waals surface area (Å²) in [6.07, 6.45) is -3.04. The molecule has 162 valence electrons. The van der Waals surface area contributed by atoms with Crippen LogP contribution in [-0.4, -0.2) is 50.8 Å². The van der Waals surface area contributed by atoms with Crippen molar-refractivity contribution in [1.29, 1.82) is 0 Å². The van der Waals surface area contributed by atoms with Crippen LogP contribution in [0.4, 0.5) is 13.2 Å². The molecule has 8 nitrogen and oxygen atoms in total. The molecule has 12 heteroatoms. The number of primary amides is 1. The number of thiazole rings is 1. The molecule has 4 rings (SSSR count). The number of hydrogen-bond donors (Lipinski definition) is 2. The fraction of sp³-hybridized carbons (Fsp3) is 0.316. The van der Waals surface area contributed by atoms with Gasteiger partial charge in [-0.25, -0.2) is 15.0 Å². The average Bonchev–Trinajstić information content (AvgIpc) is 3.32. The molecular weight excluding hydrogens is 433 g/mol. The maximum Gasteiger partial charge on any atom is 0.433 e. The Hall–Kier alpha value is -3.12. The largest absolute Gasteiger partial charge is 0.433 e. The van der Waals surface area contributed by atoms with Gasteiger partial charge in [-0.3, -0.25) is 9.59 Å². The van der Waals surface area contributed by atoms with Crippen molar-refractivity contribution >= 4 is 33.4 Å². The zero-order chi connectivity index (χ0) is 22.3. The van der Waals surface area contributed by atoms with Crippen LogP contribution in [0.1, 0.15) is 39.2 Å². The molecule has 2 aromatic heterocycles. The lowest BCUT2D eigenvalue weighted by Crippen LogP contribution is -2.31. The summed E-state index contributed by atoms with van der Waals surface area (Å²) in [7, 11) is 0. The van der Waals surface area contributed by atoms with E-state index < -0.39 is 23.7 Å². The predicted octanol–water partition coefficient (Wildman–Crippen LogP) is 1.90. The molecule has 3 heterocycles. The van der Waals surface area contributed by atoms with Crippen LogP contribution in [0, 0.1) is 0 Å². The number of amides is 2. The summed E-state index contributed by atoms with van der Waals surface area (Å²) in [6.45, 7) is 1.05. The topological polar surface area (TPSA) is 128 Å². The molecular formula is C19H17F3N6O2S. The molecule has 1 fully saturated rings. The SMILES string of the molecule is NC(=O)C(c1nccc(C(F)(F)F)n1)c1nc2ccc(C(=O)N3CCC(N)C3)cc2s1. The van der Waals surface area contributed by atoms with Crippen LogP contribution in [0.25, 0.3) is 10.2 Å². The van der Waals surface area contributed by atoms with E-state index in [-0.39, 0.29) is 22.8 Å². The first-order chi connectivity index (χ1) is 14.6. The minimum atomic E-state index is -4.69. The number of benzene rings is 1. The number of carbonyl (C=O) groups excluding carboxylic acids is 2. The second kappa shape index (κ2) is 7.85. The number of likely N-dealkylation sites (tertiary alicyclic amines) is 1. The number of rotatable bonds is 4. The summed E-state index contributed by atoms with van der Waals surface area (Å²) in [5.74, 6) is -2.84. The van der Waals surface area contributed by atoms with Gasteiger partial charge in [-0.15, -0.1) is 11.3 Å². The van der Waals surface area contributed by atoms with Gasteiger partial charge in [-0.1, -0.05) is 0 Å². The van der Waals surface area contributed by atoms with Crippen molar-refractivity contribution in [3.63, 3.8) is 0 Å². The lowest BCUT2D eigenvalue weighted by molar-refractivity contribution is -0.141. The van der Waals surface area contributed by atoms with Gasteiger partial charge in [0.1, 0.15) is 22.4 Å². The Labute approximate surface area is 178 Å². The Bertz CT molecular complexity index is 1160. The van der Waals surface area contributed by atoms with E-state index in [1.807, 2.05) is 0 Å². The van der Waals surface area contributed by atoms with E-state index in [1.165, 1.54) is 0 Å². The lowest BCUT2D eigenvalue weighted by Gasteiger charge is -2.15. The zero-order valence-electron chi connectivity index (χ0n) is 16.0. The fourth-order valence-corrected chi connectivity index (χ4v) is 4.50. The Kier molecular flexibility index (Phi) is 5.35. The quantitative estimate of drug-likeness (QED) is 0.625. The van der Waals surface area contributed by atoms with Crippen LogP contribution >= 0.6 is 11.3 Å². The van der Waals surface area contributed by atoms with Crippen LogP contribution in [0.5, 0.6) is 0 Å². The average molecular weight is 450 g/mol. The monoisotopic (exact) mass is 450 g/mol. The van der Waals surface area contributed by atoms with Gasteiger partial charge in [0.15, 0.2) is 0 Å². The molecule has 2 unspecified atom stereocenters. The van der Waals surface area contributed by atoms with Gasteiger partial charge in [-0.05, 0) is 30.7 Å². The third-order valence-electron chi connectivity index (χ3n) is 4.92.